The number of aromatic amines is 1. The molecule has 0 saturated heterocycles. The standard InChI is InChI=1S/C13H13ClN2O2/c1-6-4-7(2)9(8(3)5-6)11-10(13(17)18)12(14)16-15-11/h4-5H,1-3H3,(H,15,16)(H,17,18). The number of aromatic nitrogens is 2. The zero-order chi connectivity index (χ0) is 13.4. The second-order valence-electron chi connectivity index (χ2n) is 4.34. The Morgan fingerprint density at radius 2 is 1.83 bits per heavy atom. The largest absolute Gasteiger partial charge is 0.478 e. The minimum absolute atomic E-state index is 0.0201. The van der Waals surface area contributed by atoms with E-state index in [0.717, 1.165) is 22.3 Å². The van der Waals surface area contributed by atoms with Gasteiger partial charge < -0.3 is 5.11 Å². The molecule has 0 aliphatic carbocycles. The van der Waals surface area contributed by atoms with Crippen molar-refractivity contribution in [2.75, 3.05) is 0 Å². The average molecular weight is 265 g/mol. The third kappa shape index (κ3) is 1.99. The van der Waals surface area contributed by atoms with Gasteiger partial charge in [-0.15, -0.1) is 0 Å². The minimum Gasteiger partial charge on any atom is -0.478 e. The minimum atomic E-state index is -1.08. The molecule has 0 bridgehead atoms. The Bertz CT molecular complexity index is 609. The van der Waals surface area contributed by atoms with Crippen molar-refractivity contribution in [3.63, 3.8) is 0 Å². The lowest BCUT2D eigenvalue weighted by Crippen LogP contribution is -2.00. The van der Waals surface area contributed by atoms with Crippen LogP contribution < -0.4 is 0 Å². The van der Waals surface area contributed by atoms with Gasteiger partial charge >= 0.3 is 5.97 Å². The number of carboxylic acids is 1. The number of halogens is 1. The van der Waals surface area contributed by atoms with Crippen LogP contribution in [0.4, 0.5) is 0 Å². The molecule has 0 aliphatic heterocycles. The van der Waals surface area contributed by atoms with Crippen LogP contribution in [0.25, 0.3) is 11.3 Å². The lowest BCUT2D eigenvalue weighted by molar-refractivity contribution is 0.0698. The number of nitrogens with zero attached hydrogens (tertiary/aromatic N) is 1. The number of hydrogen-bond acceptors (Lipinski definition) is 2. The lowest BCUT2D eigenvalue weighted by atomic mass is 9.95. The van der Waals surface area contributed by atoms with Crippen molar-refractivity contribution in [1.29, 1.82) is 0 Å². The van der Waals surface area contributed by atoms with E-state index in [4.69, 9.17) is 11.6 Å². The van der Waals surface area contributed by atoms with Crippen LogP contribution in [0.5, 0.6) is 0 Å². The zero-order valence-corrected chi connectivity index (χ0v) is 11.1. The molecule has 1 heterocycles. The summed E-state index contributed by atoms with van der Waals surface area (Å²) in [5.74, 6) is -1.08. The molecule has 0 saturated carbocycles. The third-order valence-electron chi connectivity index (χ3n) is 2.85. The predicted octanol–water partition coefficient (Wildman–Crippen LogP) is 3.35. The van der Waals surface area contributed by atoms with Gasteiger partial charge in [0.05, 0.1) is 0 Å². The van der Waals surface area contributed by atoms with Gasteiger partial charge in [-0.2, -0.15) is 5.10 Å². The Hall–Kier alpha value is -1.81. The van der Waals surface area contributed by atoms with Crippen LogP contribution in [-0.2, 0) is 0 Å². The van der Waals surface area contributed by atoms with Crippen molar-refractivity contribution in [3.05, 3.63) is 39.5 Å². The van der Waals surface area contributed by atoms with E-state index in [1.54, 1.807) is 0 Å². The molecular formula is C13H13ClN2O2. The summed E-state index contributed by atoms with van der Waals surface area (Å²) in [7, 11) is 0. The molecule has 1 aromatic heterocycles. The van der Waals surface area contributed by atoms with Gasteiger partial charge in [-0.25, -0.2) is 4.79 Å². The van der Waals surface area contributed by atoms with Crippen molar-refractivity contribution in [2.24, 2.45) is 0 Å². The van der Waals surface area contributed by atoms with Crippen molar-refractivity contribution >= 4 is 17.6 Å². The SMILES string of the molecule is Cc1cc(C)c(-c2n[nH]c(Cl)c2C(=O)O)c(C)c1. The maximum atomic E-state index is 11.2. The zero-order valence-electron chi connectivity index (χ0n) is 10.3. The highest BCUT2D eigenvalue weighted by molar-refractivity contribution is 6.33. The molecule has 0 spiro atoms. The fourth-order valence-electron chi connectivity index (χ4n) is 2.25. The number of benzene rings is 1. The molecular weight excluding hydrogens is 252 g/mol. The van der Waals surface area contributed by atoms with E-state index in [2.05, 4.69) is 10.2 Å². The number of nitrogens with one attached hydrogen (secondary N) is 1. The monoisotopic (exact) mass is 264 g/mol. The Morgan fingerprint density at radius 1 is 1.28 bits per heavy atom. The molecule has 1 aromatic carbocycles. The quantitative estimate of drug-likeness (QED) is 0.874. The van der Waals surface area contributed by atoms with Crippen molar-refractivity contribution in [2.45, 2.75) is 20.8 Å². The first kappa shape index (κ1) is 12.6. The normalized spacial score (nSPS) is 10.7. The molecule has 0 aliphatic rings. The summed E-state index contributed by atoms with van der Waals surface area (Å²) >= 11 is 5.83. The summed E-state index contributed by atoms with van der Waals surface area (Å²) in [4.78, 5) is 11.2. The first-order valence-electron chi connectivity index (χ1n) is 5.47. The van der Waals surface area contributed by atoms with Gasteiger partial charge in [-0.05, 0) is 31.9 Å². The Morgan fingerprint density at radius 3 is 2.33 bits per heavy atom. The molecule has 2 N–H and O–H groups in total. The van der Waals surface area contributed by atoms with Crippen LogP contribution in [0.1, 0.15) is 27.0 Å². The molecule has 18 heavy (non-hydrogen) atoms. The van der Waals surface area contributed by atoms with E-state index in [9.17, 15) is 9.90 Å². The molecule has 0 unspecified atom stereocenters. The Kier molecular flexibility index (Phi) is 3.13. The molecule has 0 fully saturated rings. The van der Waals surface area contributed by atoms with E-state index in [-0.39, 0.29) is 10.7 Å². The molecule has 2 aromatic rings. The van der Waals surface area contributed by atoms with E-state index in [0.29, 0.717) is 5.69 Å². The predicted molar refractivity (Wildman–Crippen MR) is 70.2 cm³/mol. The molecule has 94 valence electrons. The van der Waals surface area contributed by atoms with Crippen LogP contribution in [-0.4, -0.2) is 21.3 Å². The third-order valence-corrected chi connectivity index (χ3v) is 3.12. The second kappa shape index (κ2) is 4.46. The maximum Gasteiger partial charge on any atom is 0.341 e. The van der Waals surface area contributed by atoms with Crippen LogP contribution in [0.2, 0.25) is 5.15 Å². The topological polar surface area (TPSA) is 66.0 Å². The van der Waals surface area contributed by atoms with Gasteiger partial charge in [-0.3, -0.25) is 5.10 Å². The van der Waals surface area contributed by atoms with E-state index >= 15 is 0 Å². The first-order chi connectivity index (χ1) is 8.41. The molecule has 0 amide bonds. The van der Waals surface area contributed by atoms with Crippen molar-refractivity contribution in [3.8, 4) is 11.3 Å². The summed E-state index contributed by atoms with van der Waals surface area (Å²) in [5, 5.41) is 15.8. The van der Waals surface area contributed by atoms with Crippen molar-refractivity contribution < 1.29 is 9.90 Å². The van der Waals surface area contributed by atoms with E-state index < -0.39 is 5.97 Å². The van der Waals surface area contributed by atoms with Crippen LogP contribution in [0.3, 0.4) is 0 Å². The smallest absolute Gasteiger partial charge is 0.341 e. The van der Waals surface area contributed by atoms with Gasteiger partial charge in [-0.1, -0.05) is 29.3 Å². The Balaban J connectivity index is 2.74. The maximum absolute atomic E-state index is 11.2. The van der Waals surface area contributed by atoms with E-state index in [1.807, 2.05) is 32.9 Å². The molecule has 0 radical (unpaired) electrons. The Labute approximate surface area is 110 Å². The fraction of sp³-hybridized carbons (Fsp3) is 0.231. The number of carbonyl (C=O) groups is 1. The highest BCUT2D eigenvalue weighted by Crippen LogP contribution is 2.32. The highest BCUT2D eigenvalue weighted by Gasteiger charge is 2.22. The van der Waals surface area contributed by atoms with Gasteiger partial charge in [0, 0.05) is 5.56 Å². The first-order valence-corrected chi connectivity index (χ1v) is 5.85. The molecule has 2 rings (SSSR count). The number of H-pyrrole nitrogens is 1. The summed E-state index contributed by atoms with van der Waals surface area (Å²) in [6.07, 6.45) is 0. The lowest BCUT2D eigenvalue weighted by Gasteiger charge is -2.09. The molecule has 0 atom stereocenters. The van der Waals surface area contributed by atoms with Crippen molar-refractivity contribution in [1.82, 2.24) is 10.2 Å². The highest BCUT2D eigenvalue weighted by atomic mass is 35.5. The van der Waals surface area contributed by atoms with Gasteiger partial charge in [0.15, 0.2) is 0 Å². The summed E-state index contributed by atoms with van der Waals surface area (Å²) < 4.78 is 0. The number of carboxylic acid groups (broad SMARTS) is 1. The van der Waals surface area contributed by atoms with Gasteiger partial charge in [0.2, 0.25) is 0 Å². The second-order valence-corrected chi connectivity index (χ2v) is 4.72. The number of aromatic carboxylic acids is 1. The fourth-order valence-corrected chi connectivity index (χ4v) is 2.46. The summed E-state index contributed by atoms with van der Waals surface area (Å²) in [6, 6.07) is 3.99. The van der Waals surface area contributed by atoms with Crippen LogP contribution in [0, 0.1) is 20.8 Å². The molecule has 4 nitrogen and oxygen atoms in total. The summed E-state index contributed by atoms with van der Waals surface area (Å²) in [6.45, 7) is 5.87. The van der Waals surface area contributed by atoms with E-state index in [1.165, 1.54) is 0 Å². The van der Waals surface area contributed by atoms with Crippen LogP contribution >= 0.6 is 11.6 Å². The average Bonchev–Trinajstić information content (AvgIpc) is 2.58. The van der Waals surface area contributed by atoms with Gasteiger partial charge in [0.1, 0.15) is 16.4 Å². The summed E-state index contributed by atoms with van der Waals surface area (Å²) in [5.41, 5.74) is 4.33. The number of aryl methyl sites for hydroxylation is 3. The van der Waals surface area contributed by atoms with Crippen LogP contribution in [0.15, 0.2) is 12.1 Å². The van der Waals surface area contributed by atoms with Gasteiger partial charge in [0.25, 0.3) is 0 Å². The molecule has 5 heteroatoms. The number of hydrogen-bond donors (Lipinski definition) is 2. The number of rotatable bonds is 2.